The number of fused-ring (bicyclic) bond motifs is 3. The largest absolute Gasteiger partial charge is 0.298 e. The average Bonchev–Trinajstić information content (AvgIpc) is 2.62. The van der Waals surface area contributed by atoms with Gasteiger partial charge in [-0.2, -0.15) is 0 Å². The molecule has 3 nitrogen and oxygen atoms in total. The lowest BCUT2D eigenvalue weighted by atomic mass is 10.1. The highest BCUT2D eigenvalue weighted by Gasteiger charge is 2.19. The molecule has 1 aromatic heterocycles. The van der Waals surface area contributed by atoms with E-state index < -0.39 is 0 Å². The number of nitrogens with zero attached hydrogens (tertiary/aromatic N) is 2. The fraction of sp³-hybridized carbons (Fsp3) is 0.286. The minimum absolute atomic E-state index is 0.0988. The monoisotopic (exact) mass is 336 g/mol. The van der Waals surface area contributed by atoms with Crippen molar-refractivity contribution in [2.45, 2.75) is 17.9 Å². The predicted octanol–water partition coefficient (Wildman–Crippen LogP) is 2.95. The van der Waals surface area contributed by atoms with Gasteiger partial charge in [-0.05, 0) is 12.5 Å². The fourth-order valence-electron chi connectivity index (χ4n) is 2.29. The molecule has 1 aliphatic rings. The molecular weight excluding hydrogens is 324 g/mol. The van der Waals surface area contributed by atoms with Gasteiger partial charge in [0, 0.05) is 33.7 Å². The number of rotatable bonds is 2. The zero-order valence-electron chi connectivity index (χ0n) is 10.3. The number of aryl methyl sites for hydroxylation is 1. The molecule has 0 aliphatic carbocycles. The van der Waals surface area contributed by atoms with Crippen molar-refractivity contribution in [2.75, 3.05) is 11.1 Å². The lowest BCUT2D eigenvalue weighted by Gasteiger charge is -2.10. The number of alkyl halides is 1. The molecule has 0 amide bonds. The summed E-state index contributed by atoms with van der Waals surface area (Å²) < 4.78 is 1.69. The van der Waals surface area contributed by atoms with Crippen LogP contribution in [0.15, 0.2) is 40.3 Å². The lowest BCUT2D eigenvalue weighted by Crippen LogP contribution is -2.26. The van der Waals surface area contributed by atoms with Crippen LogP contribution in [0, 0.1) is 0 Å². The third-order valence-corrected chi connectivity index (χ3v) is 4.64. The van der Waals surface area contributed by atoms with Crippen LogP contribution >= 0.6 is 27.7 Å². The van der Waals surface area contributed by atoms with Gasteiger partial charge >= 0.3 is 0 Å². The molecule has 0 spiro atoms. The van der Waals surface area contributed by atoms with Gasteiger partial charge in [0.1, 0.15) is 0 Å². The van der Waals surface area contributed by atoms with Crippen LogP contribution in [0.2, 0.25) is 0 Å². The second-order valence-electron chi connectivity index (χ2n) is 4.35. The fourth-order valence-corrected chi connectivity index (χ4v) is 3.69. The van der Waals surface area contributed by atoms with Crippen molar-refractivity contribution in [1.82, 2.24) is 9.55 Å². The number of thioether (sulfide) groups is 1. The summed E-state index contributed by atoms with van der Waals surface area (Å²) in [5, 5.41) is 0.763. The average molecular weight is 337 g/mol. The van der Waals surface area contributed by atoms with Crippen LogP contribution in [-0.2, 0) is 13.0 Å². The number of halogens is 1. The van der Waals surface area contributed by atoms with Crippen molar-refractivity contribution in [3.8, 4) is 11.3 Å². The molecule has 0 radical (unpaired) electrons. The Morgan fingerprint density at radius 3 is 3.05 bits per heavy atom. The molecule has 19 heavy (non-hydrogen) atoms. The van der Waals surface area contributed by atoms with E-state index in [0.717, 1.165) is 34.3 Å². The summed E-state index contributed by atoms with van der Waals surface area (Å²) in [5.41, 5.74) is 2.89. The molecule has 98 valence electrons. The Labute approximate surface area is 124 Å². The van der Waals surface area contributed by atoms with Crippen LogP contribution in [0.1, 0.15) is 5.56 Å². The van der Waals surface area contributed by atoms with E-state index in [1.807, 2.05) is 18.2 Å². The maximum atomic E-state index is 12.5. The minimum atomic E-state index is 0.0988. The molecule has 2 aromatic rings. The van der Waals surface area contributed by atoms with E-state index in [2.05, 4.69) is 27.0 Å². The van der Waals surface area contributed by atoms with Crippen molar-refractivity contribution in [2.24, 2.45) is 0 Å². The summed E-state index contributed by atoms with van der Waals surface area (Å²) in [6.45, 7) is 0.661. The Morgan fingerprint density at radius 1 is 1.37 bits per heavy atom. The summed E-state index contributed by atoms with van der Waals surface area (Å²) in [6.07, 6.45) is 2.44. The number of aromatic nitrogens is 2. The molecular formula is C14H13BrN2OS. The van der Waals surface area contributed by atoms with Crippen LogP contribution in [-0.4, -0.2) is 20.6 Å². The first-order valence-electron chi connectivity index (χ1n) is 6.17. The third kappa shape index (κ3) is 2.37. The molecule has 0 bridgehead atoms. The lowest BCUT2D eigenvalue weighted by molar-refractivity contribution is 0.706. The molecule has 0 fully saturated rings. The standard InChI is InChI=1S/C14H13BrN2OS/c15-6-7-17-9-16-13-10-3-1-2-4-12(10)19-8-5-11(13)14(17)18/h1-4,9H,5-8H2. The Kier molecular flexibility index (Phi) is 3.75. The minimum Gasteiger partial charge on any atom is -0.298 e. The second-order valence-corrected chi connectivity index (χ2v) is 6.28. The molecule has 2 heterocycles. The van der Waals surface area contributed by atoms with E-state index in [1.165, 1.54) is 4.90 Å². The first-order chi connectivity index (χ1) is 9.31. The summed E-state index contributed by atoms with van der Waals surface area (Å²) in [7, 11) is 0. The van der Waals surface area contributed by atoms with Crippen molar-refractivity contribution in [1.29, 1.82) is 0 Å². The van der Waals surface area contributed by atoms with Crippen molar-refractivity contribution in [3.63, 3.8) is 0 Å². The Morgan fingerprint density at radius 2 is 2.21 bits per heavy atom. The van der Waals surface area contributed by atoms with Crippen molar-refractivity contribution >= 4 is 27.7 Å². The number of benzene rings is 1. The van der Waals surface area contributed by atoms with Gasteiger partial charge in [0.15, 0.2) is 0 Å². The number of hydrogen-bond acceptors (Lipinski definition) is 3. The molecule has 0 saturated heterocycles. The van der Waals surface area contributed by atoms with E-state index in [4.69, 9.17) is 0 Å². The molecule has 1 aromatic carbocycles. The Balaban J connectivity index is 2.21. The summed E-state index contributed by atoms with van der Waals surface area (Å²) in [6, 6.07) is 8.18. The topological polar surface area (TPSA) is 34.9 Å². The highest BCUT2D eigenvalue weighted by Crippen LogP contribution is 2.34. The van der Waals surface area contributed by atoms with Gasteiger partial charge in [-0.3, -0.25) is 9.36 Å². The van der Waals surface area contributed by atoms with Crippen LogP contribution < -0.4 is 5.56 Å². The molecule has 0 unspecified atom stereocenters. The smallest absolute Gasteiger partial charge is 0.257 e. The van der Waals surface area contributed by atoms with E-state index >= 15 is 0 Å². The summed E-state index contributed by atoms with van der Waals surface area (Å²) in [4.78, 5) is 18.2. The van der Waals surface area contributed by atoms with Gasteiger partial charge in [0.05, 0.1) is 12.0 Å². The maximum Gasteiger partial charge on any atom is 0.257 e. The van der Waals surface area contributed by atoms with Crippen LogP contribution in [0.4, 0.5) is 0 Å². The molecule has 3 rings (SSSR count). The zero-order chi connectivity index (χ0) is 13.2. The molecule has 0 N–H and O–H groups in total. The Hall–Kier alpha value is -1.07. The van der Waals surface area contributed by atoms with Crippen LogP contribution in [0.5, 0.6) is 0 Å². The quantitative estimate of drug-likeness (QED) is 0.791. The van der Waals surface area contributed by atoms with E-state index in [0.29, 0.717) is 6.54 Å². The predicted molar refractivity (Wildman–Crippen MR) is 82.2 cm³/mol. The molecule has 5 heteroatoms. The van der Waals surface area contributed by atoms with Gasteiger partial charge in [0.2, 0.25) is 0 Å². The summed E-state index contributed by atoms with van der Waals surface area (Å²) >= 11 is 5.16. The van der Waals surface area contributed by atoms with Gasteiger partial charge in [0.25, 0.3) is 5.56 Å². The van der Waals surface area contributed by atoms with Crippen LogP contribution in [0.3, 0.4) is 0 Å². The highest BCUT2D eigenvalue weighted by atomic mass is 79.9. The second kappa shape index (κ2) is 5.51. The highest BCUT2D eigenvalue weighted by molar-refractivity contribution is 9.09. The SMILES string of the molecule is O=c1c2c(ncn1CCBr)-c1ccccc1SCC2. The molecule has 0 atom stereocenters. The van der Waals surface area contributed by atoms with E-state index in [9.17, 15) is 4.79 Å². The van der Waals surface area contributed by atoms with Crippen molar-refractivity contribution < 1.29 is 0 Å². The summed E-state index contributed by atoms with van der Waals surface area (Å²) in [5.74, 6) is 0.930. The van der Waals surface area contributed by atoms with Gasteiger partial charge in [-0.25, -0.2) is 4.98 Å². The molecule has 0 saturated carbocycles. The zero-order valence-corrected chi connectivity index (χ0v) is 12.7. The van der Waals surface area contributed by atoms with Gasteiger partial charge < -0.3 is 0 Å². The van der Waals surface area contributed by atoms with Crippen molar-refractivity contribution in [3.05, 3.63) is 46.5 Å². The maximum absolute atomic E-state index is 12.5. The van der Waals surface area contributed by atoms with E-state index in [-0.39, 0.29) is 5.56 Å². The first kappa shape index (κ1) is 12.9. The van der Waals surface area contributed by atoms with Gasteiger partial charge in [-0.15, -0.1) is 11.8 Å². The normalized spacial score (nSPS) is 13.5. The Bertz CT molecular complexity index is 669. The number of hydrogen-bond donors (Lipinski definition) is 0. The first-order valence-corrected chi connectivity index (χ1v) is 8.28. The van der Waals surface area contributed by atoms with Crippen LogP contribution in [0.25, 0.3) is 11.3 Å². The molecule has 1 aliphatic heterocycles. The van der Waals surface area contributed by atoms with E-state index in [1.54, 1.807) is 22.7 Å². The third-order valence-electron chi connectivity index (χ3n) is 3.21. The van der Waals surface area contributed by atoms with Gasteiger partial charge in [-0.1, -0.05) is 34.1 Å².